The fourth-order valence-electron chi connectivity index (χ4n) is 7.27. The number of carbonyl (C=O) groups is 2. The zero-order valence-corrected chi connectivity index (χ0v) is 16.5. The highest BCUT2D eigenvalue weighted by Gasteiger charge is 2.77. The molecule has 0 aromatic heterocycles. The smallest absolute Gasteiger partial charge is 0.192 e. The van der Waals surface area contributed by atoms with Crippen molar-refractivity contribution in [2.75, 3.05) is 6.61 Å². The van der Waals surface area contributed by atoms with E-state index in [-0.39, 0.29) is 31.5 Å². The van der Waals surface area contributed by atoms with E-state index in [9.17, 15) is 30.0 Å². The van der Waals surface area contributed by atoms with Crippen LogP contribution in [0.2, 0.25) is 0 Å². The average molecular weight is 414 g/mol. The van der Waals surface area contributed by atoms with Gasteiger partial charge in [-0.2, -0.15) is 0 Å². The molecule has 0 aromatic carbocycles. The summed E-state index contributed by atoms with van der Waals surface area (Å²) in [6.07, 6.45) is -2.98. The van der Waals surface area contributed by atoms with E-state index in [4.69, 9.17) is 0 Å². The molecule has 0 aromatic rings. The second-order valence-corrected chi connectivity index (χ2v) is 9.86. The molecule has 10 atom stereocenters. The summed E-state index contributed by atoms with van der Waals surface area (Å²) in [5, 5.41) is 42.0. The number of hydrogen-bond acceptors (Lipinski definition) is 6. The van der Waals surface area contributed by atoms with Gasteiger partial charge >= 0.3 is 0 Å². The second kappa shape index (κ2) is 6.15. The van der Waals surface area contributed by atoms with Crippen molar-refractivity contribution in [2.24, 2.45) is 28.6 Å². The number of allylic oxidation sites excluding steroid dienone is 2. The van der Waals surface area contributed by atoms with Gasteiger partial charge in [-0.05, 0) is 31.3 Å². The molecule has 0 radical (unpaired) electrons. The Balaban J connectivity index is 1.85. The highest BCUT2D eigenvalue weighted by molar-refractivity contribution is 5.91. The summed E-state index contributed by atoms with van der Waals surface area (Å²) in [4.78, 5) is 24.2. The maximum atomic E-state index is 16.8. The maximum Gasteiger partial charge on any atom is 0.192 e. The Kier molecular flexibility index (Phi) is 4.46. The van der Waals surface area contributed by atoms with Crippen LogP contribution in [0.4, 0.5) is 8.78 Å². The lowest BCUT2D eigenvalue weighted by Crippen LogP contribution is -2.72. The van der Waals surface area contributed by atoms with Crippen molar-refractivity contribution in [1.29, 1.82) is 0 Å². The van der Waals surface area contributed by atoms with Crippen molar-refractivity contribution >= 4 is 11.6 Å². The number of aliphatic hydroxyl groups excluding tert-OH is 3. The molecule has 0 bridgehead atoms. The lowest BCUT2D eigenvalue weighted by atomic mass is 9.42. The Morgan fingerprint density at radius 1 is 1.17 bits per heavy atom. The highest BCUT2D eigenvalue weighted by atomic mass is 19.1. The molecule has 4 aliphatic carbocycles. The van der Waals surface area contributed by atoms with Gasteiger partial charge in [0.15, 0.2) is 17.2 Å². The van der Waals surface area contributed by atoms with Crippen molar-refractivity contribution in [2.45, 2.75) is 69.2 Å². The Hall–Kier alpha value is -1.22. The van der Waals surface area contributed by atoms with Gasteiger partial charge in [0.1, 0.15) is 18.4 Å². The first-order valence-electron chi connectivity index (χ1n) is 10.2. The van der Waals surface area contributed by atoms with Crippen LogP contribution < -0.4 is 0 Å². The van der Waals surface area contributed by atoms with Crippen molar-refractivity contribution in [3.63, 3.8) is 0 Å². The Labute approximate surface area is 167 Å². The Morgan fingerprint density at radius 3 is 2.45 bits per heavy atom. The summed E-state index contributed by atoms with van der Waals surface area (Å²) in [7, 11) is 0. The molecule has 4 aliphatic rings. The largest absolute Gasteiger partial charge is 0.390 e. The van der Waals surface area contributed by atoms with Gasteiger partial charge in [-0.3, -0.25) is 9.59 Å². The molecule has 4 N–H and O–H groups in total. The molecule has 0 aliphatic heterocycles. The standard InChI is InChI=1S/C21H28F2O6/c1-18-4-3-10(25)5-13(18)14(22)6-12-11-7-15(26)21(29,17(28)9-24)19(11,2)8-16(27)20(12,18)23/h3-4,11-16,24,26-27,29H,5-9H2,1-2H3/t11-,12-,13?,14-,15+,16-,18-,19-,20-,21-/m0/s1. The molecule has 3 fully saturated rings. The molecular weight excluding hydrogens is 386 g/mol. The van der Waals surface area contributed by atoms with E-state index < -0.39 is 70.6 Å². The predicted octanol–water partition coefficient (Wildman–Crippen LogP) is 0.648. The summed E-state index contributed by atoms with van der Waals surface area (Å²) in [6.45, 7) is 2.00. The molecule has 0 amide bonds. The molecule has 3 saturated carbocycles. The first-order chi connectivity index (χ1) is 13.4. The van der Waals surface area contributed by atoms with E-state index in [1.807, 2.05) is 0 Å². The normalized spacial score (nSPS) is 56.5. The fraction of sp³-hybridized carbons (Fsp3) is 0.810. The van der Waals surface area contributed by atoms with Crippen molar-refractivity contribution in [3.05, 3.63) is 12.2 Å². The van der Waals surface area contributed by atoms with Crippen LogP contribution in [0.1, 0.15) is 39.5 Å². The zero-order valence-electron chi connectivity index (χ0n) is 16.5. The summed E-state index contributed by atoms with van der Waals surface area (Å²) in [5.74, 6) is -4.04. The second-order valence-electron chi connectivity index (χ2n) is 9.86. The fourth-order valence-corrected chi connectivity index (χ4v) is 7.27. The Morgan fingerprint density at radius 2 is 1.83 bits per heavy atom. The summed E-state index contributed by atoms with van der Waals surface area (Å²) < 4.78 is 32.1. The third-order valence-electron chi connectivity index (χ3n) is 8.89. The SMILES string of the molecule is C[C@]12C=CC(=O)CC1[C@@H](F)C[C@H]1[C@@H]3C[C@@H](O)[C@](O)(C(=O)CO)[C@@]3(C)C[C@H](O)[C@@]12F. The molecular formula is C21H28F2O6. The van der Waals surface area contributed by atoms with Gasteiger partial charge in [-0.1, -0.05) is 19.9 Å². The number of alkyl halides is 2. The van der Waals surface area contributed by atoms with Crippen LogP contribution in [0.15, 0.2) is 12.2 Å². The number of halogens is 2. The minimum atomic E-state index is -2.35. The van der Waals surface area contributed by atoms with Crippen LogP contribution in [-0.2, 0) is 9.59 Å². The third kappa shape index (κ3) is 2.23. The Bertz CT molecular complexity index is 787. The van der Waals surface area contributed by atoms with Crippen molar-refractivity contribution in [3.8, 4) is 0 Å². The van der Waals surface area contributed by atoms with E-state index in [0.717, 1.165) is 0 Å². The summed E-state index contributed by atoms with van der Waals surface area (Å²) >= 11 is 0. The number of carbonyl (C=O) groups excluding carboxylic acids is 2. The van der Waals surface area contributed by atoms with Gasteiger partial charge in [-0.15, -0.1) is 0 Å². The highest BCUT2D eigenvalue weighted by Crippen LogP contribution is 2.70. The van der Waals surface area contributed by atoms with Gasteiger partial charge in [-0.25, -0.2) is 8.78 Å². The van der Waals surface area contributed by atoms with Gasteiger partial charge in [0.2, 0.25) is 0 Å². The predicted molar refractivity (Wildman–Crippen MR) is 97.1 cm³/mol. The van der Waals surface area contributed by atoms with Gasteiger partial charge in [0.25, 0.3) is 0 Å². The van der Waals surface area contributed by atoms with Crippen molar-refractivity contribution < 1.29 is 38.8 Å². The van der Waals surface area contributed by atoms with Crippen LogP contribution in [0.5, 0.6) is 0 Å². The summed E-state index contributed by atoms with van der Waals surface area (Å²) in [6, 6.07) is 0. The van der Waals surface area contributed by atoms with Crippen LogP contribution >= 0.6 is 0 Å². The van der Waals surface area contributed by atoms with Crippen molar-refractivity contribution in [1.82, 2.24) is 0 Å². The average Bonchev–Trinajstić information content (AvgIpc) is 2.86. The van der Waals surface area contributed by atoms with Gasteiger partial charge in [0, 0.05) is 29.1 Å². The number of fused-ring (bicyclic) bond motifs is 5. The zero-order chi connectivity index (χ0) is 21.6. The molecule has 8 heteroatoms. The summed E-state index contributed by atoms with van der Waals surface area (Å²) in [5.41, 5.74) is -7.49. The van der Waals surface area contributed by atoms with Crippen LogP contribution in [0.3, 0.4) is 0 Å². The van der Waals surface area contributed by atoms with E-state index in [2.05, 4.69) is 0 Å². The molecule has 29 heavy (non-hydrogen) atoms. The molecule has 1 unspecified atom stereocenters. The lowest BCUT2D eigenvalue weighted by Gasteiger charge is -2.64. The molecule has 0 heterocycles. The first kappa shape index (κ1) is 21.0. The number of ketones is 2. The molecule has 4 rings (SSSR count). The number of hydrogen-bond donors (Lipinski definition) is 4. The number of aliphatic hydroxyl groups is 4. The quantitative estimate of drug-likeness (QED) is 0.528. The first-order valence-corrected chi connectivity index (χ1v) is 10.2. The molecule has 6 nitrogen and oxygen atoms in total. The molecule has 0 spiro atoms. The van der Waals surface area contributed by atoms with E-state index >= 15 is 8.78 Å². The third-order valence-corrected chi connectivity index (χ3v) is 8.89. The van der Waals surface area contributed by atoms with Gasteiger partial charge in [0.05, 0.1) is 12.2 Å². The minimum Gasteiger partial charge on any atom is -0.390 e. The van der Waals surface area contributed by atoms with E-state index in [1.165, 1.54) is 26.0 Å². The maximum absolute atomic E-state index is 16.8. The van der Waals surface area contributed by atoms with E-state index in [0.29, 0.717) is 0 Å². The molecule has 162 valence electrons. The molecule has 0 saturated heterocycles. The van der Waals surface area contributed by atoms with Crippen LogP contribution in [0, 0.1) is 28.6 Å². The number of rotatable bonds is 2. The lowest BCUT2D eigenvalue weighted by molar-refractivity contribution is -0.250. The van der Waals surface area contributed by atoms with E-state index in [1.54, 1.807) is 0 Å². The monoisotopic (exact) mass is 414 g/mol. The topological polar surface area (TPSA) is 115 Å². The van der Waals surface area contributed by atoms with Crippen LogP contribution in [0.25, 0.3) is 0 Å². The van der Waals surface area contributed by atoms with Crippen LogP contribution in [-0.4, -0.2) is 68.2 Å². The number of Topliss-reactive ketones (excluding diaryl/α,β-unsaturated/α-hetero) is 1. The van der Waals surface area contributed by atoms with Gasteiger partial charge < -0.3 is 20.4 Å². The minimum absolute atomic E-state index is 0.141.